The summed E-state index contributed by atoms with van der Waals surface area (Å²) in [4.78, 5) is 47.5. The third-order valence-electron chi connectivity index (χ3n) is 4.72. The van der Waals surface area contributed by atoms with Gasteiger partial charge in [-0.3, -0.25) is 9.59 Å². The van der Waals surface area contributed by atoms with Gasteiger partial charge in [-0.2, -0.15) is 0 Å². The first-order chi connectivity index (χ1) is 15.4. The Morgan fingerprint density at radius 3 is 2.28 bits per heavy atom. The molecule has 0 fully saturated rings. The van der Waals surface area contributed by atoms with Gasteiger partial charge in [-0.1, -0.05) is 50.1 Å². The van der Waals surface area contributed by atoms with Crippen LogP contribution in [-0.2, 0) is 20.9 Å². The second-order valence-corrected chi connectivity index (χ2v) is 7.31. The molecule has 0 aliphatic carbocycles. The number of carbonyl (C=O) groups excluding carboxylic acids is 3. The maximum atomic E-state index is 12.8. The Morgan fingerprint density at radius 1 is 0.969 bits per heavy atom. The first-order valence-corrected chi connectivity index (χ1v) is 10.7. The minimum absolute atomic E-state index is 0.0603. The summed E-state index contributed by atoms with van der Waals surface area (Å²) in [7, 11) is 0. The van der Waals surface area contributed by atoms with Crippen LogP contribution in [0.3, 0.4) is 0 Å². The van der Waals surface area contributed by atoms with E-state index in [4.69, 9.17) is 9.84 Å². The highest BCUT2D eigenvalue weighted by Gasteiger charge is 2.26. The minimum Gasteiger partial charge on any atom is -0.465 e. The molecule has 0 aliphatic heterocycles. The highest BCUT2D eigenvalue weighted by molar-refractivity contribution is 5.92. The molecule has 5 N–H and O–H groups in total. The van der Waals surface area contributed by atoms with Gasteiger partial charge in [-0.05, 0) is 31.2 Å². The average molecular weight is 452 g/mol. The number of ketones is 1. The van der Waals surface area contributed by atoms with Crippen molar-refractivity contribution in [3.05, 3.63) is 35.9 Å². The van der Waals surface area contributed by atoms with E-state index < -0.39 is 42.6 Å². The number of Topliss-reactive ketones (excluding diaryl/α,β-unsaturated/α-hetero) is 1. The summed E-state index contributed by atoms with van der Waals surface area (Å²) in [5, 5.41) is 25.2. The Balaban J connectivity index is 2.63. The molecule has 32 heavy (non-hydrogen) atoms. The van der Waals surface area contributed by atoms with Gasteiger partial charge in [0.1, 0.15) is 19.3 Å². The van der Waals surface area contributed by atoms with Crippen LogP contribution < -0.4 is 16.0 Å². The second kappa shape index (κ2) is 15.6. The number of carboxylic acid groups (broad SMARTS) is 1. The maximum Gasteiger partial charge on any atom is 0.408 e. The monoisotopic (exact) mass is 451 g/mol. The molecule has 2 atom stereocenters. The summed E-state index contributed by atoms with van der Waals surface area (Å²) in [5.74, 6) is -1.09. The van der Waals surface area contributed by atoms with Gasteiger partial charge in [0.05, 0.1) is 6.04 Å². The molecule has 10 heteroatoms. The lowest BCUT2D eigenvalue weighted by atomic mass is 10.0. The van der Waals surface area contributed by atoms with Gasteiger partial charge in [0.2, 0.25) is 5.91 Å². The summed E-state index contributed by atoms with van der Waals surface area (Å²) >= 11 is 0. The van der Waals surface area contributed by atoms with Crippen LogP contribution in [-0.4, -0.2) is 59.3 Å². The van der Waals surface area contributed by atoms with Crippen molar-refractivity contribution < 1.29 is 34.1 Å². The molecule has 178 valence electrons. The SMILES string of the molecule is CCCCC(NC(=O)OCc1ccccc1)C(=O)NC(CCCCNC(=O)O)C(=O)CO. The lowest BCUT2D eigenvalue weighted by Gasteiger charge is -2.22. The lowest BCUT2D eigenvalue weighted by molar-refractivity contribution is -0.130. The summed E-state index contributed by atoms with van der Waals surface area (Å²) in [6.07, 6.45) is 1.15. The molecule has 0 heterocycles. The Bertz CT molecular complexity index is 727. The van der Waals surface area contributed by atoms with Crippen molar-refractivity contribution in [1.82, 2.24) is 16.0 Å². The second-order valence-electron chi connectivity index (χ2n) is 7.31. The lowest BCUT2D eigenvalue weighted by Crippen LogP contribution is -2.52. The molecule has 0 radical (unpaired) electrons. The Kier molecular flexibility index (Phi) is 13.1. The van der Waals surface area contributed by atoms with Crippen LogP contribution >= 0.6 is 0 Å². The molecule has 0 aromatic heterocycles. The van der Waals surface area contributed by atoms with Crippen molar-refractivity contribution in [2.75, 3.05) is 13.2 Å². The summed E-state index contributed by atoms with van der Waals surface area (Å²) in [6, 6.07) is 7.30. The topological polar surface area (TPSA) is 154 Å². The Labute approximate surface area is 187 Å². The number of rotatable bonds is 15. The number of alkyl carbamates (subject to hydrolysis) is 1. The molecule has 0 spiro atoms. The predicted octanol–water partition coefficient (Wildman–Crippen LogP) is 1.96. The number of benzene rings is 1. The number of aliphatic hydroxyl groups excluding tert-OH is 1. The van der Waals surface area contributed by atoms with E-state index in [0.29, 0.717) is 25.7 Å². The number of ether oxygens (including phenoxy) is 1. The molecule has 0 saturated heterocycles. The molecule has 0 saturated carbocycles. The Hall–Kier alpha value is -3.14. The van der Waals surface area contributed by atoms with E-state index in [9.17, 15) is 24.3 Å². The van der Waals surface area contributed by atoms with E-state index in [1.165, 1.54) is 0 Å². The average Bonchev–Trinajstić information content (AvgIpc) is 2.79. The summed E-state index contributed by atoms with van der Waals surface area (Å²) < 4.78 is 5.18. The van der Waals surface area contributed by atoms with Crippen molar-refractivity contribution in [2.45, 2.75) is 64.1 Å². The van der Waals surface area contributed by atoms with Crippen molar-refractivity contribution in [3.63, 3.8) is 0 Å². The fraction of sp³-hybridized carbons (Fsp3) is 0.545. The third kappa shape index (κ3) is 11.3. The zero-order valence-corrected chi connectivity index (χ0v) is 18.3. The highest BCUT2D eigenvalue weighted by atomic mass is 16.5. The molecule has 0 aliphatic rings. The molecular formula is C22H33N3O7. The van der Waals surface area contributed by atoms with Gasteiger partial charge in [-0.25, -0.2) is 9.59 Å². The van der Waals surface area contributed by atoms with Crippen molar-refractivity contribution in [1.29, 1.82) is 0 Å². The number of hydrogen-bond donors (Lipinski definition) is 5. The van der Waals surface area contributed by atoms with Gasteiger partial charge < -0.3 is 30.9 Å². The van der Waals surface area contributed by atoms with E-state index in [2.05, 4.69) is 16.0 Å². The molecule has 1 aromatic rings. The van der Waals surface area contributed by atoms with E-state index in [1.807, 2.05) is 37.3 Å². The quantitative estimate of drug-likeness (QED) is 0.255. The number of unbranched alkanes of at least 4 members (excludes halogenated alkanes) is 2. The van der Waals surface area contributed by atoms with Crippen LogP contribution in [0.2, 0.25) is 0 Å². The van der Waals surface area contributed by atoms with Crippen LogP contribution in [0, 0.1) is 0 Å². The van der Waals surface area contributed by atoms with Gasteiger partial charge in [0.15, 0.2) is 5.78 Å². The smallest absolute Gasteiger partial charge is 0.408 e. The maximum absolute atomic E-state index is 12.8. The zero-order chi connectivity index (χ0) is 23.8. The number of carbonyl (C=O) groups is 4. The van der Waals surface area contributed by atoms with Crippen molar-refractivity contribution >= 4 is 23.9 Å². The fourth-order valence-corrected chi connectivity index (χ4v) is 2.95. The highest BCUT2D eigenvalue weighted by Crippen LogP contribution is 2.07. The number of hydrogen-bond acceptors (Lipinski definition) is 6. The van der Waals surface area contributed by atoms with Gasteiger partial charge in [0.25, 0.3) is 0 Å². The largest absolute Gasteiger partial charge is 0.465 e. The summed E-state index contributed by atoms with van der Waals surface area (Å²) in [6.45, 7) is 1.50. The van der Waals surface area contributed by atoms with Crippen LogP contribution in [0.1, 0.15) is 51.0 Å². The number of aliphatic hydroxyl groups is 1. The third-order valence-corrected chi connectivity index (χ3v) is 4.72. The van der Waals surface area contributed by atoms with Gasteiger partial charge >= 0.3 is 12.2 Å². The van der Waals surface area contributed by atoms with Crippen molar-refractivity contribution in [2.24, 2.45) is 0 Å². The number of nitrogens with one attached hydrogen (secondary N) is 3. The standard InChI is InChI=1S/C22H33N3O7/c1-2-3-11-18(25-22(31)32-15-16-9-5-4-6-10-16)20(28)24-17(19(27)14-26)12-7-8-13-23-21(29)30/h4-6,9-10,17-18,23,26H,2-3,7-8,11-15H2,1H3,(H,24,28)(H,25,31)(H,29,30). The van der Waals surface area contributed by atoms with E-state index in [0.717, 1.165) is 12.0 Å². The first kappa shape index (κ1) is 26.9. The molecule has 10 nitrogen and oxygen atoms in total. The minimum atomic E-state index is -1.13. The van der Waals surface area contributed by atoms with E-state index in [1.54, 1.807) is 0 Å². The van der Waals surface area contributed by atoms with E-state index in [-0.39, 0.29) is 19.6 Å². The van der Waals surface area contributed by atoms with Crippen LogP contribution in [0.5, 0.6) is 0 Å². The first-order valence-electron chi connectivity index (χ1n) is 10.7. The fourth-order valence-electron chi connectivity index (χ4n) is 2.95. The van der Waals surface area contributed by atoms with Gasteiger partial charge in [0, 0.05) is 6.54 Å². The molecule has 3 amide bonds. The molecular weight excluding hydrogens is 418 g/mol. The number of amides is 3. The van der Waals surface area contributed by atoms with Crippen LogP contribution in [0.25, 0.3) is 0 Å². The predicted molar refractivity (Wildman–Crippen MR) is 117 cm³/mol. The van der Waals surface area contributed by atoms with Crippen LogP contribution in [0.15, 0.2) is 30.3 Å². The molecule has 2 unspecified atom stereocenters. The molecule has 1 aromatic carbocycles. The van der Waals surface area contributed by atoms with Gasteiger partial charge in [-0.15, -0.1) is 0 Å². The zero-order valence-electron chi connectivity index (χ0n) is 18.3. The molecule has 0 bridgehead atoms. The van der Waals surface area contributed by atoms with Crippen molar-refractivity contribution in [3.8, 4) is 0 Å². The summed E-state index contributed by atoms with van der Waals surface area (Å²) in [5.41, 5.74) is 0.809. The normalized spacial score (nSPS) is 12.3. The Morgan fingerprint density at radius 2 is 1.66 bits per heavy atom. The van der Waals surface area contributed by atoms with Crippen LogP contribution in [0.4, 0.5) is 9.59 Å². The molecule has 1 rings (SSSR count). The van der Waals surface area contributed by atoms with E-state index >= 15 is 0 Å².